The van der Waals surface area contributed by atoms with Gasteiger partial charge in [-0.3, -0.25) is 0 Å². The SMILES string of the molecule is CCCNC(c1cc(Cl)ccc1OC)C(C)C. The Balaban J connectivity index is 3.02. The fraction of sp³-hybridized carbons (Fsp3) is 0.571. The van der Waals surface area contributed by atoms with Crippen LogP contribution in [-0.2, 0) is 0 Å². The largest absolute Gasteiger partial charge is 0.496 e. The molecule has 0 radical (unpaired) electrons. The summed E-state index contributed by atoms with van der Waals surface area (Å²) in [6.07, 6.45) is 1.12. The van der Waals surface area contributed by atoms with Gasteiger partial charge in [-0.25, -0.2) is 0 Å². The van der Waals surface area contributed by atoms with E-state index < -0.39 is 0 Å². The van der Waals surface area contributed by atoms with E-state index in [1.54, 1.807) is 7.11 Å². The van der Waals surface area contributed by atoms with Gasteiger partial charge in [-0.15, -0.1) is 0 Å². The van der Waals surface area contributed by atoms with Crippen LogP contribution in [0, 0.1) is 5.92 Å². The zero-order valence-electron chi connectivity index (χ0n) is 11.1. The molecule has 17 heavy (non-hydrogen) atoms. The fourth-order valence-electron chi connectivity index (χ4n) is 1.95. The maximum Gasteiger partial charge on any atom is 0.123 e. The van der Waals surface area contributed by atoms with Crippen LogP contribution in [0.2, 0.25) is 5.02 Å². The maximum atomic E-state index is 6.07. The first-order valence-corrected chi connectivity index (χ1v) is 6.54. The fourth-order valence-corrected chi connectivity index (χ4v) is 2.13. The van der Waals surface area contributed by atoms with E-state index in [2.05, 4.69) is 26.1 Å². The van der Waals surface area contributed by atoms with E-state index in [1.165, 1.54) is 0 Å². The van der Waals surface area contributed by atoms with Crippen molar-refractivity contribution in [3.05, 3.63) is 28.8 Å². The molecule has 0 saturated carbocycles. The monoisotopic (exact) mass is 255 g/mol. The number of rotatable bonds is 6. The molecule has 0 aliphatic heterocycles. The Labute approximate surface area is 109 Å². The molecule has 0 aliphatic rings. The van der Waals surface area contributed by atoms with Crippen molar-refractivity contribution in [2.75, 3.05) is 13.7 Å². The predicted molar refractivity (Wildman–Crippen MR) is 73.9 cm³/mol. The van der Waals surface area contributed by atoms with Crippen molar-refractivity contribution in [1.82, 2.24) is 5.32 Å². The molecule has 1 aromatic carbocycles. The molecule has 0 heterocycles. The summed E-state index contributed by atoms with van der Waals surface area (Å²) in [5.41, 5.74) is 1.14. The number of ether oxygens (including phenoxy) is 1. The molecule has 1 aromatic rings. The predicted octanol–water partition coefficient (Wildman–Crippen LogP) is 4.05. The molecule has 2 nitrogen and oxygen atoms in total. The number of hydrogen-bond acceptors (Lipinski definition) is 2. The molecule has 1 N–H and O–H groups in total. The Morgan fingerprint density at radius 1 is 1.35 bits per heavy atom. The minimum absolute atomic E-state index is 0.281. The van der Waals surface area contributed by atoms with Crippen LogP contribution in [0.5, 0.6) is 5.75 Å². The molecule has 0 fully saturated rings. The summed E-state index contributed by atoms with van der Waals surface area (Å²) in [5.74, 6) is 1.39. The minimum atomic E-state index is 0.281. The summed E-state index contributed by atoms with van der Waals surface area (Å²) in [6.45, 7) is 7.57. The third-order valence-electron chi connectivity index (χ3n) is 2.81. The van der Waals surface area contributed by atoms with Gasteiger partial charge in [0.2, 0.25) is 0 Å². The maximum absolute atomic E-state index is 6.07. The van der Waals surface area contributed by atoms with Crippen LogP contribution >= 0.6 is 11.6 Å². The second-order valence-electron chi connectivity index (χ2n) is 4.56. The van der Waals surface area contributed by atoms with Gasteiger partial charge in [0.15, 0.2) is 0 Å². The second-order valence-corrected chi connectivity index (χ2v) is 5.00. The average molecular weight is 256 g/mol. The van der Waals surface area contributed by atoms with Crippen molar-refractivity contribution in [1.29, 1.82) is 0 Å². The van der Waals surface area contributed by atoms with E-state index in [1.807, 2.05) is 18.2 Å². The minimum Gasteiger partial charge on any atom is -0.496 e. The van der Waals surface area contributed by atoms with Gasteiger partial charge in [-0.2, -0.15) is 0 Å². The molecule has 0 aromatic heterocycles. The Kier molecular flexibility index (Phi) is 5.79. The summed E-state index contributed by atoms with van der Waals surface area (Å²) in [7, 11) is 1.70. The number of nitrogens with one attached hydrogen (secondary N) is 1. The van der Waals surface area contributed by atoms with Crippen LogP contribution < -0.4 is 10.1 Å². The van der Waals surface area contributed by atoms with Crippen molar-refractivity contribution < 1.29 is 4.74 Å². The molecule has 0 amide bonds. The first-order valence-electron chi connectivity index (χ1n) is 6.17. The standard InChI is InChI=1S/C14H22ClNO/c1-5-8-16-14(10(2)3)12-9-11(15)6-7-13(12)17-4/h6-7,9-10,14,16H,5,8H2,1-4H3. The van der Waals surface area contributed by atoms with Gasteiger partial charge in [0.1, 0.15) is 5.75 Å². The van der Waals surface area contributed by atoms with Crippen molar-refractivity contribution in [2.24, 2.45) is 5.92 Å². The van der Waals surface area contributed by atoms with Crippen LogP contribution in [0.25, 0.3) is 0 Å². The molecule has 0 spiro atoms. The molecule has 1 atom stereocenters. The van der Waals surface area contributed by atoms with E-state index in [0.717, 1.165) is 29.3 Å². The number of methoxy groups -OCH3 is 1. The van der Waals surface area contributed by atoms with Gasteiger partial charge >= 0.3 is 0 Å². The van der Waals surface area contributed by atoms with E-state index >= 15 is 0 Å². The Morgan fingerprint density at radius 2 is 2.06 bits per heavy atom. The zero-order chi connectivity index (χ0) is 12.8. The highest BCUT2D eigenvalue weighted by Gasteiger charge is 2.19. The molecule has 1 rings (SSSR count). The molecule has 3 heteroatoms. The molecular formula is C14H22ClNO. The summed E-state index contributed by atoms with van der Waals surface area (Å²) < 4.78 is 5.41. The van der Waals surface area contributed by atoms with Gasteiger partial charge in [-0.05, 0) is 37.1 Å². The van der Waals surface area contributed by atoms with Gasteiger partial charge < -0.3 is 10.1 Å². The van der Waals surface area contributed by atoms with E-state index in [9.17, 15) is 0 Å². The van der Waals surface area contributed by atoms with Crippen molar-refractivity contribution in [3.63, 3.8) is 0 Å². The molecule has 96 valence electrons. The number of hydrogen-bond donors (Lipinski definition) is 1. The van der Waals surface area contributed by atoms with Crippen LogP contribution in [0.4, 0.5) is 0 Å². The number of benzene rings is 1. The smallest absolute Gasteiger partial charge is 0.123 e. The molecule has 0 saturated heterocycles. The lowest BCUT2D eigenvalue weighted by Gasteiger charge is -2.24. The van der Waals surface area contributed by atoms with Crippen LogP contribution in [0.15, 0.2) is 18.2 Å². The Bertz CT molecular complexity index is 352. The molecule has 0 bridgehead atoms. The lowest BCUT2D eigenvalue weighted by atomic mass is 9.95. The highest BCUT2D eigenvalue weighted by molar-refractivity contribution is 6.30. The normalized spacial score (nSPS) is 12.8. The van der Waals surface area contributed by atoms with Crippen LogP contribution in [-0.4, -0.2) is 13.7 Å². The topological polar surface area (TPSA) is 21.3 Å². The van der Waals surface area contributed by atoms with Crippen molar-refractivity contribution >= 4 is 11.6 Å². The molecule has 0 aliphatic carbocycles. The first kappa shape index (κ1) is 14.3. The van der Waals surface area contributed by atoms with Gasteiger partial charge in [0.25, 0.3) is 0 Å². The van der Waals surface area contributed by atoms with Crippen molar-refractivity contribution in [2.45, 2.75) is 33.2 Å². The lowest BCUT2D eigenvalue weighted by molar-refractivity contribution is 0.370. The highest BCUT2D eigenvalue weighted by atomic mass is 35.5. The molecule has 1 unspecified atom stereocenters. The average Bonchev–Trinajstić information content (AvgIpc) is 2.29. The summed E-state index contributed by atoms with van der Waals surface area (Å²) in [4.78, 5) is 0. The lowest BCUT2D eigenvalue weighted by Crippen LogP contribution is -2.26. The van der Waals surface area contributed by atoms with Crippen LogP contribution in [0.3, 0.4) is 0 Å². The summed E-state index contributed by atoms with van der Waals surface area (Å²) >= 11 is 6.07. The third-order valence-corrected chi connectivity index (χ3v) is 3.04. The quantitative estimate of drug-likeness (QED) is 0.828. The van der Waals surface area contributed by atoms with E-state index in [0.29, 0.717) is 5.92 Å². The zero-order valence-corrected chi connectivity index (χ0v) is 11.8. The van der Waals surface area contributed by atoms with Gasteiger partial charge in [0, 0.05) is 16.6 Å². The van der Waals surface area contributed by atoms with E-state index in [-0.39, 0.29) is 6.04 Å². The summed E-state index contributed by atoms with van der Waals surface area (Å²) in [5, 5.41) is 4.30. The first-order chi connectivity index (χ1) is 8.10. The van der Waals surface area contributed by atoms with Gasteiger partial charge in [-0.1, -0.05) is 32.4 Å². The number of halogens is 1. The van der Waals surface area contributed by atoms with Crippen molar-refractivity contribution in [3.8, 4) is 5.75 Å². The van der Waals surface area contributed by atoms with Gasteiger partial charge in [0.05, 0.1) is 7.11 Å². The third kappa shape index (κ3) is 3.90. The van der Waals surface area contributed by atoms with Crippen LogP contribution in [0.1, 0.15) is 38.8 Å². The highest BCUT2D eigenvalue weighted by Crippen LogP contribution is 2.32. The summed E-state index contributed by atoms with van der Waals surface area (Å²) in [6, 6.07) is 6.07. The van der Waals surface area contributed by atoms with E-state index in [4.69, 9.17) is 16.3 Å². The Hall–Kier alpha value is -0.730. The second kappa shape index (κ2) is 6.87. The molecular weight excluding hydrogens is 234 g/mol. The Morgan fingerprint density at radius 3 is 2.59 bits per heavy atom.